The number of carbonyl (C=O) groups is 1. The third-order valence-corrected chi connectivity index (χ3v) is 3.74. The van der Waals surface area contributed by atoms with Crippen molar-refractivity contribution in [3.8, 4) is 0 Å². The first-order valence-corrected chi connectivity index (χ1v) is 8.99. The van der Waals surface area contributed by atoms with Crippen molar-refractivity contribution in [1.82, 2.24) is 0 Å². The minimum Gasteiger partial charge on any atom is -0.463 e. The Balaban J connectivity index is 3.17. The summed E-state index contributed by atoms with van der Waals surface area (Å²) >= 11 is 0. The molecule has 1 unspecified atom stereocenters. The minimum atomic E-state index is -0.162. The lowest BCUT2D eigenvalue weighted by Gasteiger charge is -2.11. The van der Waals surface area contributed by atoms with Crippen molar-refractivity contribution < 1.29 is 9.53 Å². The average Bonchev–Trinajstić information content (AvgIpc) is 2.43. The summed E-state index contributed by atoms with van der Waals surface area (Å²) in [7, 11) is 0. The van der Waals surface area contributed by atoms with E-state index in [0.717, 1.165) is 6.42 Å². The second-order valence-corrected chi connectivity index (χ2v) is 6.09. The van der Waals surface area contributed by atoms with Crippen LogP contribution in [0.4, 0.5) is 0 Å². The van der Waals surface area contributed by atoms with Gasteiger partial charge in [-0.2, -0.15) is 0 Å². The summed E-state index contributed by atoms with van der Waals surface area (Å²) in [5.74, 6) is -0.162. The molecule has 1 atom stereocenters. The predicted molar refractivity (Wildman–Crippen MR) is 91.4 cm³/mol. The fourth-order valence-electron chi connectivity index (χ4n) is 2.49. The molecule has 21 heavy (non-hydrogen) atoms. The Morgan fingerprint density at radius 3 is 2.00 bits per heavy atom. The second kappa shape index (κ2) is 15.6. The molecule has 0 heterocycles. The van der Waals surface area contributed by atoms with E-state index in [2.05, 4.69) is 19.1 Å². The van der Waals surface area contributed by atoms with Gasteiger partial charge in [-0.15, -0.1) is 0 Å². The van der Waals surface area contributed by atoms with Crippen LogP contribution in [-0.4, -0.2) is 12.1 Å². The summed E-state index contributed by atoms with van der Waals surface area (Å²) in [6.45, 7) is 5.71. The second-order valence-electron chi connectivity index (χ2n) is 6.09. The van der Waals surface area contributed by atoms with Crippen molar-refractivity contribution >= 4 is 5.97 Å². The molecule has 0 rings (SSSR count). The van der Waals surface area contributed by atoms with Crippen molar-refractivity contribution in [2.45, 2.75) is 104 Å². The highest BCUT2D eigenvalue weighted by Crippen LogP contribution is 2.11. The van der Waals surface area contributed by atoms with Crippen molar-refractivity contribution in [3.05, 3.63) is 12.2 Å². The zero-order valence-electron chi connectivity index (χ0n) is 14.5. The Morgan fingerprint density at radius 2 is 1.43 bits per heavy atom. The quantitative estimate of drug-likeness (QED) is 0.217. The maximum absolute atomic E-state index is 10.8. The van der Waals surface area contributed by atoms with Gasteiger partial charge in [-0.3, -0.25) is 4.79 Å². The van der Waals surface area contributed by atoms with Crippen LogP contribution in [0.15, 0.2) is 12.2 Å². The van der Waals surface area contributed by atoms with Crippen molar-refractivity contribution in [1.29, 1.82) is 0 Å². The van der Waals surface area contributed by atoms with E-state index in [1.54, 1.807) is 0 Å². The predicted octanol–water partition coefficient (Wildman–Crippen LogP) is 6.20. The number of esters is 1. The van der Waals surface area contributed by atoms with E-state index in [-0.39, 0.29) is 12.1 Å². The Labute approximate surface area is 132 Å². The highest BCUT2D eigenvalue weighted by molar-refractivity contribution is 5.66. The normalized spacial score (nSPS) is 12.7. The van der Waals surface area contributed by atoms with E-state index in [4.69, 9.17) is 4.74 Å². The number of ether oxygens (including phenoxy) is 1. The molecule has 0 bridgehead atoms. The molecule has 0 aliphatic rings. The van der Waals surface area contributed by atoms with E-state index >= 15 is 0 Å². The maximum Gasteiger partial charge on any atom is 0.302 e. The van der Waals surface area contributed by atoms with Gasteiger partial charge in [-0.05, 0) is 45.4 Å². The average molecular weight is 296 g/mol. The van der Waals surface area contributed by atoms with Crippen LogP contribution in [0.2, 0.25) is 0 Å². The lowest BCUT2D eigenvalue weighted by atomic mass is 10.1. The van der Waals surface area contributed by atoms with Crippen LogP contribution in [0, 0.1) is 0 Å². The van der Waals surface area contributed by atoms with Gasteiger partial charge >= 0.3 is 5.97 Å². The van der Waals surface area contributed by atoms with Crippen molar-refractivity contribution in [2.75, 3.05) is 0 Å². The lowest BCUT2D eigenvalue weighted by molar-refractivity contribution is -0.145. The standard InChI is InChI=1S/C19H36O2/c1-4-5-6-7-8-9-10-11-12-13-14-15-16-17-18(2)21-19(3)20/h8-9,18H,4-7,10-17H2,1-3H3/b9-8-. The van der Waals surface area contributed by atoms with Crippen LogP contribution in [0.3, 0.4) is 0 Å². The van der Waals surface area contributed by atoms with Gasteiger partial charge in [-0.25, -0.2) is 0 Å². The van der Waals surface area contributed by atoms with E-state index in [9.17, 15) is 4.79 Å². The van der Waals surface area contributed by atoms with Gasteiger partial charge in [0.15, 0.2) is 0 Å². The molecule has 124 valence electrons. The molecule has 0 aromatic heterocycles. The molecule has 0 saturated carbocycles. The van der Waals surface area contributed by atoms with E-state index in [1.807, 2.05) is 6.92 Å². The summed E-state index contributed by atoms with van der Waals surface area (Å²) in [5.41, 5.74) is 0. The van der Waals surface area contributed by atoms with Crippen molar-refractivity contribution in [3.63, 3.8) is 0 Å². The Hall–Kier alpha value is -0.790. The Kier molecular flexibility index (Phi) is 15.0. The largest absolute Gasteiger partial charge is 0.463 e. The van der Waals surface area contributed by atoms with Gasteiger partial charge in [0.25, 0.3) is 0 Å². The van der Waals surface area contributed by atoms with Gasteiger partial charge in [-0.1, -0.05) is 57.6 Å². The van der Waals surface area contributed by atoms with Crippen LogP contribution in [0.25, 0.3) is 0 Å². The fourth-order valence-corrected chi connectivity index (χ4v) is 2.49. The molecule has 0 amide bonds. The van der Waals surface area contributed by atoms with Gasteiger partial charge in [0.2, 0.25) is 0 Å². The Bertz CT molecular complexity index is 258. The SMILES string of the molecule is CCCCC/C=C\CCCCCCCCC(C)OC(C)=O. The molecule has 0 aromatic rings. The first kappa shape index (κ1) is 20.2. The highest BCUT2D eigenvalue weighted by Gasteiger charge is 2.04. The van der Waals surface area contributed by atoms with Gasteiger partial charge in [0.05, 0.1) is 6.10 Å². The number of rotatable bonds is 14. The van der Waals surface area contributed by atoms with E-state index < -0.39 is 0 Å². The molecule has 0 spiro atoms. The third-order valence-electron chi connectivity index (χ3n) is 3.74. The van der Waals surface area contributed by atoms with Gasteiger partial charge in [0.1, 0.15) is 0 Å². The topological polar surface area (TPSA) is 26.3 Å². The molecule has 0 aromatic carbocycles. The third kappa shape index (κ3) is 17.2. The smallest absolute Gasteiger partial charge is 0.302 e. The van der Waals surface area contributed by atoms with Crippen LogP contribution >= 0.6 is 0 Å². The molecule has 0 N–H and O–H groups in total. The highest BCUT2D eigenvalue weighted by atomic mass is 16.5. The summed E-state index contributed by atoms with van der Waals surface area (Å²) in [6.07, 6.45) is 20.1. The molecule has 0 saturated heterocycles. The lowest BCUT2D eigenvalue weighted by Crippen LogP contribution is -2.11. The van der Waals surface area contributed by atoms with Gasteiger partial charge < -0.3 is 4.74 Å². The van der Waals surface area contributed by atoms with Crippen LogP contribution in [0.1, 0.15) is 97.8 Å². The summed E-state index contributed by atoms with van der Waals surface area (Å²) < 4.78 is 5.11. The van der Waals surface area contributed by atoms with E-state index in [1.165, 1.54) is 77.6 Å². The van der Waals surface area contributed by atoms with Gasteiger partial charge in [0, 0.05) is 6.92 Å². The number of carbonyl (C=O) groups excluding carboxylic acids is 1. The van der Waals surface area contributed by atoms with Crippen LogP contribution in [-0.2, 0) is 9.53 Å². The number of unbranched alkanes of at least 4 members (excludes halogenated alkanes) is 9. The molecular formula is C19H36O2. The summed E-state index contributed by atoms with van der Waals surface area (Å²) in [5, 5.41) is 0. The maximum atomic E-state index is 10.8. The minimum absolute atomic E-state index is 0.0837. The Morgan fingerprint density at radius 1 is 0.905 bits per heavy atom. The zero-order chi connectivity index (χ0) is 15.8. The molecular weight excluding hydrogens is 260 g/mol. The first-order chi connectivity index (χ1) is 10.2. The molecule has 0 fully saturated rings. The number of hydrogen-bond acceptors (Lipinski definition) is 2. The molecule has 2 nitrogen and oxygen atoms in total. The monoisotopic (exact) mass is 296 g/mol. The zero-order valence-corrected chi connectivity index (χ0v) is 14.5. The number of hydrogen-bond donors (Lipinski definition) is 0. The number of allylic oxidation sites excluding steroid dienone is 2. The summed E-state index contributed by atoms with van der Waals surface area (Å²) in [6, 6.07) is 0. The first-order valence-electron chi connectivity index (χ1n) is 8.99. The van der Waals surface area contributed by atoms with E-state index in [0.29, 0.717) is 0 Å². The van der Waals surface area contributed by atoms with Crippen LogP contribution < -0.4 is 0 Å². The molecule has 0 aliphatic carbocycles. The molecule has 0 radical (unpaired) electrons. The molecule has 0 aliphatic heterocycles. The van der Waals surface area contributed by atoms with Crippen molar-refractivity contribution in [2.24, 2.45) is 0 Å². The fraction of sp³-hybridized carbons (Fsp3) is 0.842. The molecule has 2 heteroatoms. The summed E-state index contributed by atoms with van der Waals surface area (Å²) in [4.78, 5) is 10.8. The van der Waals surface area contributed by atoms with Crippen LogP contribution in [0.5, 0.6) is 0 Å².